The lowest BCUT2D eigenvalue weighted by atomic mass is 9.99. The number of alkyl halides is 3. The highest BCUT2D eigenvalue weighted by Gasteiger charge is 2.34. The summed E-state index contributed by atoms with van der Waals surface area (Å²) in [6, 6.07) is 4.88. The topological polar surface area (TPSA) is 40.5 Å². The highest BCUT2D eigenvalue weighted by molar-refractivity contribution is 5.69. The zero-order valence-electron chi connectivity index (χ0n) is 11.7. The number of halogens is 3. The minimum Gasteiger partial charge on any atom is -0.480 e. The molecule has 0 aliphatic heterocycles. The Balaban J connectivity index is 3.05. The minimum absolute atomic E-state index is 0.618. The van der Waals surface area contributed by atoms with Crippen molar-refractivity contribution >= 4 is 5.97 Å². The average Bonchev–Trinajstić information content (AvgIpc) is 2.28. The number of carbonyl (C=O) groups is 1. The van der Waals surface area contributed by atoms with Crippen LogP contribution in [0.2, 0.25) is 0 Å². The highest BCUT2D eigenvalue weighted by atomic mass is 19.4. The zero-order chi connectivity index (χ0) is 15.5. The fourth-order valence-electron chi connectivity index (χ4n) is 2.14. The first-order valence-electron chi connectivity index (χ1n) is 6.20. The summed E-state index contributed by atoms with van der Waals surface area (Å²) in [6.07, 6.45) is -4.43. The monoisotopic (exact) mass is 289 g/mol. The van der Waals surface area contributed by atoms with E-state index in [9.17, 15) is 18.0 Å². The molecule has 0 amide bonds. The van der Waals surface area contributed by atoms with Crippen molar-refractivity contribution in [1.29, 1.82) is 0 Å². The van der Waals surface area contributed by atoms with Gasteiger partial charge in [-0.3, -0.25) is 9.69 Å². The number of carboxylic acid groups (broad SMARTS) is 1. The molecule has 0 radical (unpaired) electrons. The summed E-state index contributed by atoms with van der Waals surface area (Å²) >= 11 is 0. The van der Waals surface area contributed by atoms with Gasteiger partial charge in [0.15, 0.2) is 0 Å². The van der Waals surface area contributed by atoms with E-state index in [2.05, 4.69) is 0 Å². The smallest absolute Gasteiger partial charge is 0.401 e. The van der Waals surface area contributed by atoms with E-state index >= 15 is 0 Å². The second-order valence-electron chi connectivity index (χ2n) is 4.95. The number of hydrogen-bond donors (Lipinski definition) is 1. The maximum absolute atomic E-state index is 12.6. The van der Waals surface area contributed by atoms with Gasteiger partial charge in [-0.05, 0) is 31.9 Å². The molecule has 1 atom stereocenters. The van der Waals surface area contributed by atoms with Gasteiger partial charge >= 0.3 is 12.1 Å². The lowest BCUT2D eigenvalue weighted by molar-refractivity contribution is -0.157. The maximum atomic E-state index is 12.6. The third kappa shape index (κ3) is 4.85. The molecule has 1 aromatic rings. The van der Waals surface area contributed by atoms with Crippen LogP contribution in [0, 0.1) is 13.8 Å². The molecule has 112 valence electrons. The molecule has 0 aromatic heterocycles. The SMILES string of the molecule is Cc1ccc(C)c(C(C)N(CC(=O)O)CC(F)(F)F)c1. The Bertz CT molecular complexity index is 486. The third-order valence-corrected chi connectivity index (χ3v) is 3.15. The molecule has 0 aliphatic carbocycles. The lowest BCUT2D eigenvalue weighted by Gasteiger charge is -2.29. The van der Waals surface area contributed by atoms with E-state index < -0.39 is 31.3 Å². The van der Waals surface area contributed by atoms with Crippen LogP contribution in [-0.2, 0) is 4.79 Å². The van der Waals surface area contributed by atoms with Crippen molar-refractivity contribution in [2.75, 3.05) is 13.1 Å². The molecule has 0 spiro atoms. The van der Waals surface area contributed by atoms with Crippen molar-refractivity contribution in [2.45, 2.75) is 33.0 Å². The van der Waals surface area contributed by atoms with Crippen molar-refractivity contribution in [3.63, 3.8) is 0 Å². The summed E-state index contributed by atoms with van der Waals surface area (Å²) in [5.41, 5.74) is 2.50. The Morgan fingerprint density at radius 1 is 1.35 bits per heavy atom. The Labute approximate surface area is 116 Å². The van der Waals surface area contributed by atoms with E-state index in [1.807, 2.05) is 19.1 Å². The molecule has 0 fully saturated rings. The van der Waals surface area contributed by atoms with Crippen molar-refractivity contribution in [1.82, 2.24) is 4.90 Å². The van der Waals surface area contributed by atoms with E-state index in [0.29, 0.717) is 0 Å². The van der Waals surface area contributed by atoms with Crippen LogP contribution in [0.5, 0.6) is 0 Å². The largest absolute Gasteiger partial charge is 0.480 e. The van der Waals surface area contributed by atoms with E-state index in [4.69, 9.17) is 5.11 Å². The highest BCUT2D eigenvalue weighted by Crippen LogP contribution is 2.27. The van der Waals surface area contributed by atoms with E-state index in [1.165, 1.54) is 0 Å². The van der Waals surface area contributed by atoms with Gasteiger partial charge in [-0.15, -0.1) is 0 Å². The van der Waals surface area contributed by atoms with Gasteiger partial charge in [-0.2, -0.15) is 13.2 Å². The number of carboxylic acids is 1. The summed E-state index contributed by atoms with van der Waals surface area (Å²) in [7, 11) is 0. The summed E-state index contributed by atoms with van der Waals surface area (Å²) in [4.78, 5) is 11.7. The first kappa shape index (κ1) is 16.5. The first-order chi connectivity index (χ1) is 9.10. The van der Waals surface area contributed by atoms with Crippen LogP contribution in [0.4, 0.5) is 13.2 Å². The van der Waals surface area contributed by atoms with E-state index in [1.54, 1.807) is 19.9 Å². The molecule has 0 saturated heterocycles. The number of hydrogen-bond acceptors (Lipinski definition) is 2. The second kappa shape index (κ2) is 6.26. The molecule has 3 nitrogen and oxygen atoms in total. The third-order valence-electron chi connectivity index (χ3n) is 3.15. The Kier molecular flexibility index (Phi) is 5.16. The molecule has 20 heavy (non-hydrogen) atoms. The van der Waals surface area contributed by atoms with Gasteiger partial charge in [0.25, 0.3) is 0 Å². The van der Waals surface area contributed by atoms with Crippen LogP contribution >= 0.6 is 0 Å². The lowest BCUT2D eigenvalue weighted by Crippen LogP contribution is -2.39. The fourth-order valence-corrected chi connectivity index (χ4v) is 2.14. The Morgan fingerprint density at radius 3 is 2.45 bits per heavy atom. The van der Waals surface area contributed by atoms with Gasteiger partial charge in [-0.1, -0.05) is 23.8 Å². The number of aliphatic carboxylic acids is 1. The van der Waals surface area contributed by atoms with Crippen molar-refractivity contribution < 1.29 is 23.1 Å². The van der Waals surface area contributed by atoms with Gasteiger partial charge in [0.1, 0.15) is 0 Å². The maximum Gasteiger partial charge on any atom is 0.401 e. The van der Waals surface area contributed by atoms with E-state index in [0.717, 1.165) is 21.6 Å². The number of aryl methyl sites for hydroxylation is 2. The molecule has 0 aliphatic rings. The summed E-state index contributed by atoms with van der Waals surface area (Å²) in [6.45, 7) is 3.36. The molecular weight excluding hydrogens is 271 g/mol. The molecule has 1 unspecified atom stereocenters. The average molecular weight is 289 g/mol. The van der Waals surface area contributed by atoms with Crippen LogP contribution in [0.25, 0.3) is 0 Å². The number of nitrogens with zero attached hydrogens (tertiary/aromatic N) is 1. The fraction of sp³-hybridized carbons (Fsp3) is 0.500. The van der Waals surface area contributed by atoms with Gasteiger partial charge in [-0.25, -0.2) is 0 Å². The summed E-state index contributed by atoms with van der Waals surface area (Å²) < 4.78 is 37.7. The molecular formula is C14H18F3NO2. The predicted octanol–water partition coefficient (Wildman–Crippen LogP) is 3.31. The van der Waals surface area contributed by atoms with Crippen LogP contribution in [0.3, 0.4) is 0 Å². The van der Waals surface area contributed by atoms with Crippen LogP contribution in [0.15, 0.2) is 18.2 Å². The van der Waals surface area contributed by atoms with Crippen LogP contribution in [0.1, 0.15) is 29.7 Å². The van der Waals surface area contributed by atoms with Crippen molar-refractivity contribution in [2.24, 2.45) is 0 Å². The normalized spacial score (nSPS) is 13.6. The molecule has 0 heterocycles. The van der Waals surface area contributed by atoms with Crippen molar-refractivity contribution in [3.05, 3.63) is 34.9 Å². The molecule has 6 heteroatoms. The molecule has 0 saturated carbocycles. The van der Waals surface area contributed by atoms with Crippen molar-refractivity contribution in [3.8, 4) is 0 Å². The number of benzene rings is 1. The minimum atomic E-state index is -4.43. The van der Waals surface area contributed by atoms with Gasteiger partial charge in [0.2, 0.25) is 0 Å². The zero-order valence-corrected chi connectivity index (χ0v) is 11.7. The first-order valence-corrected chi connectivity index (χ1v) is 6.20. The number of rotatable bonds is 5. The van der Waals surface area contributed by atoms with E-state index in [-0.39, 0.29) is 0 Å². The predicted molar refractivity (Wildman–Crippen MR) is 69.6 cm³/mol. The van der Waals surface area contributed by atoms with Gasteiger partial charge < -0.3 is 5.11 Å². The molecule has 1 aromatic carbocycles. The molecule has 0 bridgehead atoms. The van der Waals surface area contributed by atoms with Gasteiger partial charge in [0.05, 0.1) is 13.1 Å². The Morgan fingerprint density at radius 2 is 1.95 bits per heavy atom. The summed E-state index contributed by atoms with van der Waals surface area (Å²) in [5, 5.41) is 8.79. The van der Waals surface area contributed by atoms with Crippen LogP contribution in [-0.4, -0.2) is 35.2 Å². The molecule has 1 rings (SSSR count). The molecule has 1 N–H and O–H groups in total. The second-order valence-corrected chi connectivity index (χ2v) is 4.95. The Hall–Kier alpha value is -1.56. The summed E-state index contributed by atoms with van der Waals surface area (Å²) in [5.74, 6) is -1.27. The quantitative estimate of drug-likeness (QED) is 0.904. The van der Waals surface area contributed by atoms with Gasteiger partial charge in [0, 0.05) is 6.04 Å². The van der Waals surface area contributed by atoms with Crippen LogP contribution < -0.4 is 0 Å². The standard InChI is InChI=1S/C14H18F3NO2/c1-9-4-5-10(2)12(6-9)11(3)18(7-13(19)20)8-14(15,16)17/h4-6,11H,7-8H2,1-3H3,(H,19,20).